The van der Waals surface area contributed by atoms with Crippen molar-refractivity contribution in [1.29, 1.82) is 0 Å². The van der Waals surface area contributed by atoms with Crippen LogP contribution >= 0.6 is 11.8 Å². The number of hydrogen-bond donors (Lipinski definition) is 2. The maximum atomic E-state index is 12.4. The molecule has 2 atom stereocenters. The molecule has 0 radical (unpaired) electrons. The number of nitrogens with one attached hydrogen (secondary N) is 2. The van der Waals surface area contributed by atoms with Crippen LogP contribution in [0.5, 0.6) is 0 Å². The van der Waals surface area contributed by atoms with E-state index in [1.165, 1.54) is 0 Å². The van der Waals surface area contributed by atoms with E-state index in [4.69, 9.17) is 0 Å². The molecule has 1 rings (SSSR count). The van der Waals surface area contributed by atoms with E-state index in [1.54, 1.807) is 0 Å². The molecule has 0 aromatic rings. The Morgan fingerprint density at radius 2 is 2.28 bits per heavy atom. The van der Waals surface area contributed by atoms with E-state index >= 15 is 0 Å². The van der Waals surface area contributed by atoms with Gasteiger partial charge in [0, 0.05) is 12.6 Å². The minimum atomic E-state index is -0.162. The van der Waals surface area contributed by atoms with Crippen LogP contribution in [0, 0.1) is 5.41 Å². The van der Waals surface area contributed by atoms with Crippen molar-refractivity contribution in [3.63, 3.8) is 0 Å². The summed E-state index contributed by atoms with van der Waals surface area (Å²) in [5.74, 6) is 2.55. The second-order valence-corrected chi connectivity index (χ2v) is 6.67. The smallest absolute Gasteiger partial charge is 0.227 e. The number of amides is 1. The van der Waals surface area contributed by atoms with Gasteiger partial charge in [0.25, 0.3) is 0 Å². The zero-order chi connectivity index (χ0) is 13.4. The molecule has 0 aromatic heterocycles. The fourth-order valence-electron chi connectivity index (χ4n) is 2.48. The van der Waals surface area contributed by atoms with Gasteiger partial charge in [0.1, 0.15) is 0 Å². The highest BCUT2D eigenvalue weighted by Gasteiger charge is 2.38. The average Bonchev–Trinajstić information content (AvgIpc) is 2.39. The van der Waals surface area contributed by atoms with Gasteiger partial charge >= 0.3 is 0 Å². The molecule has 2 N–H and O–H groups in total. The summed E-state index contributed by atoms with van der Waals surface area (Å²) in [5.41, 5.74) is -0.162. The van der Waals surface area contributed by atoms with Crippen molar-refractivity contribution in [3.8, 4) is 0 Å². The number of piperidine rings is 1. The van der Waals surface area contributed by atoms with E-state index in [9.17, 15) is 4.79 Å². The first-order chi connectivity index (χ1) is 8.64. The summed E-state index contributed by atoms with van der Waals surface area (Å²) in [6.45, 7) is 8.31. The molecule has 1 saturated heterocycles. The van der Waals surface area contributed by atoms with Crippen LogP contribution in [0.2, 0.25) is 0 Å². The summed E-state index contributed by atoms with van der Waals surface area (Å²) in [7, 11) is 0. The van der Waals surface area contributed by atoms with Crippen molar-refractivity contribution in [1.82, 2.24) is 10.6 Å². The molecule has 0 saturated carbocycles. The molecule has 1 heterocycles. The highest BCUT2D eigenvalue weighted by Crippen LogP contribution is 2.30. The third-order valence-corrected chi connectivity index (χ3v) is 4.84. The zero-order valence-corrected chi connectivity index (χ0v) is 12.9. The lowest BCUT2D eigenvalue weighted by Crippen LogP contribution is -2.52. The van der Waals surface area contributed by atoms with Crippen molar-refractivity contribution in [2.45, 2.75) is 52.5 Å². The van der Waals surface area contributed by atoms with Crippen molar-refractivity contribution in [2.75, 3.05) is 24.6 Å². The first-order valence-electron chi connectivity index (χ1n) is 7.24. The van der Waals surface area contributed by atoms with Crippen LogP contribution < -0.4 is 10.6 Å². The van der Waals surface area contributed by atoms with Crippen LogP contribution in [-0.4, -0.2) is 36.5 Å². The Morgan fingerprint density at radius 3 is 2.83 bits per heavy atom. The standard InChI is InChI=1S/C14H28N2OS/c1-4-14(8-6-9-15-11-14)13(17)16-12(3)7-10-18-5-2/h12,15H,4-11H2,1-3H3,(H,16,17). The fourth-order valence-corrected chi connectivity index (χ4v) is 3.29. The lowest BCUT2D eigenvalue weighted by molar-refractivity contribution is -0.133. The Kier molecular flexibility index (Phi) is 7.08. The number of hydrogen-bond acceptors (Lipinski definition) is 3. The predicted molar refractivity (Wildman–Crippen MR) is 80.0 cm³/mol. The SMILES string of the molecule is CCSCCC(C)NC(=O)C1(CC)CCCNC1. The van der Waals surface area contributed by atoms with Crippen molar-refractivity contribution < 1.29 is 4.79 Å². The van der Waals surface area contributed by atoms with E-state index in [0.29, 0.717) is 6.04 Å². The van der Waals surface area contributed by atoms with Gasteiger partial charge in [-0.25, -0.2) is 0 Å². The average molecular weight is 272 g/mol. The Morgan fingerprint density at radius 1 is 1.50 bits per heavy atom. The molecular formula is C14H28N2OS. The second-order valence-electron chi connectivity index (χ2n) is 5.27. The zero-order valence-electron chi connectivity index (χ0n) is 12.1. The first kappa shape index (κ1) is 15.8. The molecule has 2 unspecified atom stereocenters. The van der Waals surface area contributed by atoms with Crippen molar-refractivity contribution >= 4 is 17.7 Å². The molecule has 4 heteroatoms. The van der Waals surface area contributed by atoms with Crippen LogP contribution in [0.4, 0.5) is 0 Å². The Hall–Kier alpha value is -0.220. The van der Waals surface area contributed by atoms with Crippen LogP contribution in [0.1, 0.15) is 46.5 Å². The molecule has 1 fully saturated rings. The van der Waals surface area contributed by atoms with E-state index in [1.807, 2.05) is 11.8 Å². The largest absolute Gasteiger partial charge is 0.353 e. The third kappa shape index (κ3) is 4.47. The number of rotatable bonds is 7. The monoisotopic (exact) mass is 272 g/mol. The van der Waals surface area contributed by atoms with Gasteiger partial charge in [0.2, 0.25) is 5.91 Å². The highest BCUT2D eigenvalue weighted by molar-refractivity contribution is 7.99. The molecule has 0 spiro atoms. The fraction of sp³-hybridized carbons (Fsp3) is 0.929. The molecule has 106 valence electrons. The number of carbonyl (C=O) groups excluding carboxylic acids is 1. The molecule has 1 aliphatic rings. The topological polar surface area (TPSA) is 41.1 Å². The van der Waals surface area contributed by atoms with Crippen molar-refractivity contribution in [2.24, 2.45) is 5.41 Å². The summed E-state index contributed by atoms with van der Waals surface area (Å²) < 4.78 is 0. The Balaban J connectivity index is 2.41. The van der Waals surface area contributed by atoms with Crippen LogP contribution in [0.15, 0.2) is 0 Å². The molecule has 18 heavy (non-hydrogen) atoms. The molecule has 0 bridgehead atoms. The molecule has 0 aliphatic carbocycles. The summed E-state index contributed by atoms with van der Waals surface area (Å²) >= 11 is 1.94. The van der Waals surface area contributed by atoms with Crippen LogP contribution in [0.25, 0.3) is 0 Å². The van der Waals surface area contributed by atoms with E-state index < -0.39 is 0 Å². The van der Waals surface area contributed by atoms with Gasteiger partial charge < -0.3 is 10.6 Å². The molecular weight excluding hydrogens is 244 g/mol. The third-order valence-electron chi connectivity index (χ3n) is 3.91. The number of carbonyl (C=O) groups is 1. The van der Waals surface area contributed by atoms with E-state index in [2.05, 4.69) is 31.4 Å². The maximum absolute atomic E-state index is 12.4. The second kappa shape index (κ2) is 8.05. The lowest BCUT2D eigenvalue weighted by atomic mass is 9.77. The summed E-state index contributed by atoms with van der Waals surface area (Å²) in [4.78, 5) is 12.4. The van der Waals surface area contributed by atoms with Gasteiger partial charge in [-0.1, -0.05) is 13.8 Å². The van der Waals surface area contributed by atoms with Gasteiger partial charge in [-0.2, -0.15) is 11.8 Å². The van der Waals surface area contributed by atoms with Gasteiger partial charge in [0.05, 0.1) is 5.41 Å². The van der Waals surface area contributed by atoms with Crippen molar-refractivity contribution in [3.05, 3.63) is 0 Å². The Bertz CT molecular complexity index is 252. The summed E-state index contributed by atoms with van der Waals surface area (Å²) in [6, 6.07) is 0.293. The van der Waals surface area contributed by atoms with E-state index in [0.717, 1.165) is 50.3 Å². The molecule has 3 nitrogen and oxygen atoms in total. The van der Waals surface area contributed by atoms with E-state index in [-0.39, 0.29) is 11.3 Å². The lowest BCUT2D eigenvalue weighted by Gasteiger charge is -2.36. The predicted octanol–water partition coefficient (Wildman–Crippen LogP) is 2.41. The van der Waals surface area contributed by atoms with Crippen LogP contribution in [0.3, 0.4) is 0 Å². The number of thioether (sulfide) groups is 1. The normalized spacial score (nSPS) is 25.7. The van der Waals surface area contributed by atoms with Crippen LogP contribution in [-0.2, 0) is 4.79 Å². The minimum Gasteiger partial charge on any atom is -0.353 e. The quantitative estimate of drug-likeness (QED) is 0.699. The van der Waals surface area contributed by atoms with Gasteiger partial charge in [0.15, 0.2) is 0 Å². The molecule has 1 amide bonds. The minimum absolute atomic E-state index is 0.162. The first-order valence-corrected chi connectivity index (χ1v) is 8.39. The summed E-state index contributed by atoms with van der Waals surface area (Å²) in [6.07, 6.45) is 4.14. The molecule has 0 aromatic carbocycles. The Labute approximate surface area is 116 Å². The highest BCUT2D eigenvalue weighted by atomic mass is 32.2. The molecule has 1 aliphatic heterocycles. The summed E-state index contributed by atoms with van der Waals surface area (Å²) in [5, 5.41) is 6.58. The van der Waals surface area contributed by atoms with Gasteiger partial charge in [-0.05, 0) is 50.7 Å². The maximum Gasteiger partial charge on any atom is 0.227 e. The van der Waals surface area contributed by atoms with Gasteiger partial charge in [-0.15, -0.1) is 0 Å². The van der Waals surface area contributed by atoms with Gasteiger partial charge in [-0.3, -0.25) is 4.79 Å².